The molecule has 3 nitrogen and oxygen atoms in total. The van der Waals surface area contributed by atoms with Gasteiger partial charge in [-0.1, -0.05) is 0 Å². The minimum atomic E-state index is 0.315. The number of rotatable bonds is 0. The first-order chi connectivity index (χ1) is 5.38. The van der Waals surface area contributed by atoms with Crippen LogP contribution in [-0.4, -0.2) is 16.6 Å². The summed E-state index contributed by atoms with van der Waals surface area (Å²) >= 11 is 0. The fraction of sp³-hybridized carbons (Fsp3) is 0.375. The standard InChI is InChI=1S/C8H10N2O/c11-8-5-10-3-6-1-2-9-4-7(6)8/h3,5,9,11H,1-2,4H2. The maximum absolute atomic E-state index is 9.35. The second-order valence-electron chi connectivity index (χ2n) is 2.72. The average molecular weight is 150 g/mol. The van der Waals surface area contributed by atoms with Crippen molar-refractivity contribution in [3.63, 3.8) is 0 Å². The molecular formula is C8H10N2O. The van der Waals surface area contributed by atoms with Gasteiger partial charge in [0.25, 0.3) is 0 Å². The van der Waals surface area contributed by atoms with Crippen LogP contribution in [0.1, 0.15) is 11.1 Å². The van der Waals surface area contributed by atoms with Crippen LogP contribution in [0.2, 0.25) is 0 Å². The van der Waals surface area contributed by atoms with E-state index in [4.69, 9.17) is 0 Å². The van der Waals surface area contributed by atoms with E-state index in [1.165, 1.54) is 11.8 Å². The quantitative estimate of drug-likeness (QED) is 0.564. The van der Waals surface area contributed by atoms with E-state index < -0.39 is 0 Å². The molecule has 0 unspecified atom stereocenters. The normalized spacial score (nSPS) is 16.0. The van der Waals surface area contributed by atoms with Crippen molar-refractivity contribution >= 4 is 0 Å². The predicted molar refractivity (Wildman–Crippen MR) is 41.3 cm³/mol. The summed E-state index contributed by atoms with van der Waals surface area (Å²) in [6.45, 7) is 1.75. The Kier molecular flexibility index (Phi) is 1.51. The first kappa shape index (κ1) is 6.61. The molecule has 1 aliphatic heterocycles. The average Bonchev–Trinajstić information content (AvgIpc) is 2.06. The fourth-order valence-corrected chi connectivity index (χ4v) is 1.37. The third-order valence-corrected chi connectivity index (χ3v) is 2.00. The zero-order valence-electron chi connectivity index (χ0n) is 6.17. The molecule has 0 bridgehead atoms. The highest BCUT2D eigenvalue weighted by Crippen LogP contribution is 2.21. The Labute approximate surface area is 65.1 Å². The van der Waals surface area contributed by atoms with Crippen molar-refractivity contribution in [2.24, 2.45) is 0 Å². The minimum Gasteiger partial charge on any atom is -0.506 e. The second-order valence-corrected chi connectivity index (χ2v) is 2.72. The summed E-state index contributed by atoms with van der Waals surface area (Å²) in [6.07, 6.45) is 4.29. The topological polar surface area (TPSA) is 45.2 Å². The van der Waals surface area contributed by atoms with Gasteiger partial charge >= 0.3 is 0 Å². The van der Waals surface area contributed by atoms with E-state index in [-0.39, 0.29) is 0 Å². The van der Waals surface area contributed by atoms with Gasteiger partial charge in [0.2, 0.25) is 0 Å². The third-order valence-electron chi connectivity index (χ3n) is 2.00. The molecule has 11 heavy (non-hydrogen) atoms. The van der Waals surface area contributed by atoms with Crippen LogP contribution in [0.25, 0.3) is 0 Å². The Morgan fingerprint density at radius 3 is 3.18 bits per heavy atom. The molecule has 1 aliphatic rings. The maximum atomic E-state index is 9.35. The number of hydrogen-bond donors (Lipinski definition) is 2. The molecule has 2 N–H and O–H groups in total. The van der Waals surface area contributed by atoms with Gasteiger partial charge in [0.1, 0.15) is 5.75 Å². The largest absolute Gasteiger partial charge is 0.506 e. The lowest BCUT2D eigenvalue weighted by atomic mass is 10.0. The fourth-order valence-electron chi connectivity index (χ4n) is 1.37. The van der Waals surface area contributed by atoms with Crippen molar-refractivity contribution in [3.8, 4) is 5.75 Å². The van der Waals surface area contributed by atoms with Crippen molar-refractivity contribution in [2.75, 3.05) is 6.54 Å². The van der Waals surface area contributed by atoms with Crippen LogP contribution in [0.3, 0.4) is 0 Å². The summed E-state index contributed by atoms with van der Waals surface area (Å²) in [5, 5.41) is 12.5. The summed E-state index contributed by atoms with van der Waals surface area (Å²) in [4.78, 5) is 3.92. The first-order valence-corrected chi connectivity index (χ1v) is 3.73. The van der Waals surface area contributed by atoms with Crippen LogP contribution in [0.4, 0.5) is 0 Å². The number of aromatic nitrogens is 1. The molecule has 2 rings (SSSR count). The SMILES string of the molecule is Oc1cncc2c1CNCC2. The maximum Gasteiger partial charge on any atom is 0.138 e. The number of fused-ring (bicyclic) bond motifs is 1. The van der Waals surface area contributed by atoms with E-state index in [0.717, 1.165) is 25.1 Å². The Balaban J connectivity index is 2.49. The van der Waals surface area contributed by atoms with E-state index in [1.54, 1.807) is 0 Å². The molecule has 0 fully saturated rings. The number of nitrogens with one attached hydrogen (secondary N) is 1. The molecule has 0 amide bonds. The monoisotopic (exact) mass is 150 g/mol. The van der Waals surface area contributed by atoms with Crippen LogP contribution in [-0.2, 0) is 13.0 Å². The molecule has 3 heteroatoms. The first-order valence-electron chi connectivity index (χ1n) is 3.73. The van der Waals surface area contributed by atoms with Crippen molar-refractivity contribution in [3.05, 3.63) is 23.5 Å². The van der Waals surface area contributed by atoms with Crippen LogP contribution in [0, 0.1) is 0 Å². The van der Waals surface area contributed by atoms with Crippen molar-refractivity contribution in [1.29, 1.82) is 0 Å². The van der Waals surface area contributed by atoms with Crippen molar-refractivity contribution < 1.29 is 5.11 Å². The minimum absolute atomic E-state index is 0.315. The lowest BCUT2D eigenvalue weighted by molar-refractivity contribution is 0.456. The van der Waals surface area contributed by atoms with Gasteiger partial charge in [-0.05, 0) is 18.5 Å². The molecule has 0 saturated heterocycles. The Morgan fingerprint density at radius 2 is 2.36 bits per heavy atom. The van der Waals surface area contributed by atoms with Crippen LogP contribution in [0.5, 0.6) is 5.75 Å². The smallest absolute Gasteiger partial charge is 0.138 e. The van der Waals surface area contributed by atoms with E-state index >= 15 is 0 Å². The molecule has 0 radical (unpaired) electrons. The predicted octanol–water partition coefficient (Wildman–Crippen LogP) is 0.433. The van der Waals surface area contributed by atoms with Crippen molar-refractivity contribution in [1.82, 2.24) is 10.3 Å². The molecule has 58 valence electrons. The molecule has 1 aromatic rings. The molecule has 0 aromatic carbocycles. The molecule has 0 aliphatic carbocycles. The highest BCUT2D eigenvalue weighted by molar-refractivity contribution is 5.37. The Morgan fingerprint density at radius 1 is 1.45 bits per heavy atom. The zero-order chi connectivity index (χ0) is 7.68. The second kappa shape index (κ2) is 2.51. The number of pyridine rings is 1. The zero-order valence-corrected chi connectivity index (χ0v) is 6.17. The lowest BCUT2D eigenvalue weighted by Crippen LogP contribution is -2.23. The lowest BCUT2D eigenvalue weighted by Gasteiger charge is -2.16. The molecule has 0 saturated carbocycles. The Bertz CT molecular complexity index is 273. The van der Waals surface area contributed by atoms with Gasteiger partial charge in [0, 0.05) is 18.3 Å². The van der Waals surface area contributed by atoms with Gasteiger partial charge in [-0.25, -0.2) is 0 Å². The van der Waals surface area contributed by atoms with Gasteiger partial charge < -0.3 is 10.4 Å². The van der Waals surface area contributed by atoms with Gasteiger partial charge in [0.15, 0.2) is 0 Å². The van der Waals surface area contributed by atoms with E-state index in [1.807, 2.05) is 6.20 Å². The summed E-state index contributed by atoms with van der Waals surface area (Å²) in [5.74, 6) is 0.315. The molecule has 1 aromatic heterocycles. The van der Waals surface area contributed by atoms with Gasteiger partial charge in [-0.15, -0.1) is 0 Å². The van der Waals surface area contributed by atoms with E-state index in [2.05, 4.69) is 10.3 Å². The van der Waals surface area contributed by atoms with Crippen molar-refractivity contribution in [2.45, 2.75) is 13.0 Å². The van der Waals surface area contributed by atoms with Gasteiger partial charge in [-0.2, -0.15) is 0 Å². The van der Waals surface area contributed by atoms with Crippen LogP contribution < -0.4 is 5.32 Å². The summed E-state index contributed by atoms with van der Waals surface area (Å²) < 4.78 is 0. The highest BCUT2D eigenvalue weighted by atomic mass is 16.3. The summed E-state index contributed by atoms with van der Waals surface area (Å²) in [5.41, 5.74) is 2.18. The summed E-state index contributed by atoms with van der Waals surface area (Å²) in [7, 11) is 0. The third kappa shape index (κ3) is 1.07. The molecule has 0 atom stereocenters. The van der Waals surface area contributed by atoms with Crippen LogP contribution in [0.15, 0.2) is 12.4 Å². The molecule has 0 spiro atoms. The number of aromatic hydroxyl groups is 1. The van der Waals surface area contributed by atoms with E-state index in [9.17, 15) is 5.11 Å². The molecular weight excluding hydrogens is 140 g/mol. The summed E-state index contributed by atoms with van der Waals surface area (Å²) in [6, 6.07) is 0. The Hall–Kier alpha value is -1.09. The van der Waals surface area contributed by atoms with Gasteiger partial charge in [-0.3, -0.25) is 4.98 Å². The van der Waals surface area contributed by atoms with Gasteiger partial charge in [0.05, 0.1) is 6.20 Å². The van der Waals surface area contributed by atoms with E-state index in [0.29, 0.717) is 5.75 Å². The highest BCUT2D eigenvalue weighted by Gasteiger charge is 2.11. The number of nitrogens with zero attached hydrogens (tertiary/aromatic N) is 1. The number of hydrogen-bond acceptors (Lipinski definition) is 3. The molecule has 2 heterocycles. The van der Waals surface area contributed by atoms with Crippen LogP contribution >= 0.6 is 0 Å².